The number of hydrogen-bond donors (Lipinski definition) is 1. The number of sulfonamides is 1. The molecule has 2 amide bonds. The van der Waals surface area contributed by atoms with Crippen LogP contribution >= 0.6 is 23.2 Å². The molecule has 0 saturated heterocycles. The van der Waals surface area contributed by atoms with Crippen molar-refractivity contribution in [3.63, 3.8) is 0 Å². The van der Waals surface area contributed by atoms with Crippen LogP contribution in [-0.2, 0) is 32.6 Å². The van der Waals surface area contributed by atoms with Crippen molar-refractivity contribution in [1.82, 2.24) is 10.2 Å². The lowest BCUT2D eigenvalue weighted by Gasteiger charge is -2.35. The lowest BCUT2D eigenvalue weighted by molar-refractivity contribution is -0.140. The molecule has 246 valence electrons. The maximum atomic E-state index is 14.7. The van der Waals surface area contributed by atoms with Gasteiger partial charge in [-0.3, -0.25) is 13.9 Å². The lowest BCUT2D eigenvalue weighted by Crippen LogP contribution is -2.54. The number of halogens is 2. The molecule has 0 unspecified atom stereocenters. The summed E-state index contributed by atoms with van der Waals surface area (Å²) in [5, 5.41) is 4.07. The van der Waals surface area contributed by atoms with Gasteiger partial charge in [0.05, 0.1) is 10.6 Å². The third-order valence-corrected chi connectivity index (χ3v) is 11.0. The Morgan fingerprint density at radius 3 is 2.19 bits per heavy atom. The second-order valence-corrected chi connectivity index (χ2v) is 14.8. The van der Waals surface area contributed by atoms with Gasteiger partial charge in [0.15, 0.2) is 0 Å². The summed E-state index contributed by atoms with van der Waals surface area (Å²) in [5.41, 5.74) is 3.31. The number of nitrogens with zero attached hydrogens (tertiary/aromatic N) is 2. The van der Waals surface area contributed by atoms with E-state index in [9.17, 15) is 18.0 Å². The molecular weight excluding hydrogens is 653 g/mol. The Labute approximate surface area is 287 Å². The predicted octanol–water partition coefficient (Wildman–Crippen LogP) is 7.50. The van der Waals surface area contributed by atoms with Gasteiger partial charge in [-0.05, 0) is 79.8 Å². The molecule has 1 N–H and O–H groups in total. The Hall–Kier alpha value is -3.85. The van der Waals surface area contributed by atoms with E-state index in [1.807, 2.05) is 43.3 Å². The zero-order chi connectivity index (χ0) is 33.6. The fraction of sp³-hybridized carbons (Fsp3) is 0.297. The summed E-state index contributed by atoms with van der Waals surface area (Å²) in [5.74, 6) is -0.825. The molecule has 4 aromatic rings. The second-order valence-electron chi connectivity index (χ2n) is 12.1. The highest BCUT2D eigenvalue weighted by atomic mass is 35.5. The Bertz CT molecular complexity index is 1810. The number of benzene rings is 4. The minimum absolute atomic E-state index is 0.00606. The summed E-state index contributed by atoms with van der Waals surface area (Å²) in [4.78, 5) is 30.4. The molecule has 5 rings (SSSR count). The van der Waals surface area contributed by atoms with E-state index in [1.54, 1.807) is 55.5 Å². The molecule has 1 saturated carbocycles. The van der Waals surface area contributed by atoms with E-state index in [4.69, 9.17) is 23.2 Å². The highest BCUT2D eigenvalue weighted by molar-refractivity contribution is 7.92. The average Bonchev–Trinajstić information content (AvgIpc) is 3.56. The third kappa shape index (κ3) is 8.55. The van der Waals surface area contributed by atoms with E-state index >= 15 is 0 Å². The van der Waals surface area contributed by atoms with Crippen LogP contribution in [0.25, 0.3) is 0 Å². The molecule has 4 aromatic carbocycles. The largest absolute Gasteiger partial charge is 0.352 e. The second kappa shape index (κ2) is 15.4. The van der Waals surface area contributed by atoms with Crippen LogP contribution in [0.15, 0.2) is 102 Å². The summed E-state index contributed by atoms with van der Waals surface area (Å²) in [6.45, 7) is 3.08. The molecule has 0 radical (unpaired) electrons. The summed E-state index contributed by atoms with van der Waals surface area (Å²) in [7, 11) is -4.22. The topological polar surface area (TPSA) is 86.8 Å². The van der Waals surface area contributed by atoms with E-state index in [-0.39, 0.29) is 29.8 Å². The molecule has 47 heavy (non-hydrogen) atoms. The van der Waals surface area contributed by atoms with E-state index in [1.165, 1.54) is 17.0 Å². The zero-order valence-corrected chi connectivity index (χ0v) is 28.9. The number of amides is 2. The molecule has 0 aromatic heterocycles. The van der Waals surface area contributed by atoms with Crippen molar-refractivity contribution < 1.29 is 18.0 Å². The molecule has 1 atom stereocenters. The van der Waals surface area contributed by atoms with Crippen molar-refractivity contribution in [3.8, 4) is 0 Å². The minimum atomic E-state index is -4.22. The van der Waals surface area contributed by atoms with E-state index in [2.05, 4.69) is 5.32 Å². The zero-order valence-electron chi connectivity index (χ0n) is 26.5. The molecule has 1 fully saturated rings. The summed E-state index contributed by atoms with van der Waals surface area (Å²) in [6, 6.07) is 27.1. The minimum Gasteiger partial charge on any atom is -0.352 e. The first-order valence-corrected chi connectivity index (χ1v) is 18.0. The molecule has 1 aliphatic rings. The Kier molecular flexibility index (Phi) is 11.3. The molecule has 0 heterocycles. The molecule has 0 aliphatic heterocycles. The van der Waals surface area contributed by atoms with Gasteiger partial charge in [-0.25, -0.2) is 8.42 Å². The average molecular weight is 693 g/mol. The van der Waals surface area contributed by atoms with E-state index < -0.39 is 28.5 Å². The molecule has 7 nitrogen and oxygen atoms in total. The first-order valence-electron chi connectivity index (χ1n) is 15.8. The van der Waals surface area contributed by atoms with Gasteiger partial charge in [-0.1, -0.05) is 102 Å². The van der Waals surface area contributed by atoms with Gasteiger partial charge in [0.25, 0.3) is 10.0 Å². The van der Waals surface area contributed by atoms with Crippen LogP contribution in [0.3, 0.4) is 0 Å². The standard InChI is InChI=1S/C37H39Cl2N3O4S/c1-26-16-19-32(20-17-26)47(45,46)42(34-21-18-30(38)22-27(34)2)25-36(43)41(24-29-12-6-9-15-33(29)39)35(23-28-10-4-3-5-11-28)37(44)40-31-13-7-8-14-31/h3-6,9-12,15-22,31,35H,7-8,13-14,23-25H2,1-2H3,(H,40,44)/t35-/m1/s1. The predicted molar refractivity (Wildman–Crippen MR) is 188 cm³/mol. The van der Waals surface area contributed by atoms with Crippen molar-refractivity contribution in [2.75, 3.05) is 10.8 Å². The number of anilines is 1. The summed E-state index contributed by atoms with van der Waals surface area (Å²) < 4.78 is 29.7. The van der Waals surface area contributed by atoms with Crippen LogP contribution in [0.2, 0.25) is 10.0 Å². The van der Waals surface area contributed by atoms with Crippen molar-refractivity contribution in [3.05, 3.63) is 129 Å². The van der Waals surface area contributed by atoms with Crippen molar-refractivity contribution in [1.29, 1.82) is 0 Å². The van der Waals surface area contributed by atoms with Gasteiger partial charge in [0, 0.05) is 29.1 Å². The van der Waals surface area contributed by atoms with Crippen LogP contribution in [0.5, 0.6) is 0 Å². The number of aryl methyl sites for hydroxylation is 2. The summed E-state index contributed by atoms with van der Waals surface area (Å²) >= 11 is 12.9. The molecular formula is C37H39Cl2N3O4S. The van der Waals surface area contributed by atoms with Crippen molar-refractivity contribution in [2.24, 2.45) is 0 Å². The molecule has 0 spiro atoms. The number of hydrogen-bond acceptors (Lipinski definition) is 4. The number of carbonyl (C=O) groups excluding carboxylic acids is 2. The highest BCUT2D eigenvalue weighted by Gasteiger charge is 2.36. The maximum Gasteiger partial charge on any atom is 0.264 e. The van der Waals surface area contributed by atoms with E-state index in [0.717, 1.165) is 41.1 Å². The quantitative estimate of drug-likeness (QED) is 0.167. The van der Waals surface area contributed by atoms with Crippen LogP contribution in [-0.4, -0.2) is 43.8 Å². The fourth-order valence-corrected chi connectivity index (χ4v) is 7.88. The van der Waals surface area contributed by atoms with Gasteiger partial charge in [0.1, 0.15) is 12.6 Å². The number of rotatable bonds is 12. The molecule has 0 bridgehead atoms. The van der Waals surface area contributed by atoms with Gasteiger partial charge in [-0.2, -0.15) is 0 Å². The Morgan fingerprint density at radius 1 is 0.872 bits per heavy atom. The van der Waals surface area contributed by atoms with Gasteiger partial charge >= 0.3 is 0 Å². The van der Waals surface area contributed by atoms with Crippen molar-refractivity contribution >= 4 is 50.7 Å². The summed E-state index contributed by atoms with van der Waals surface area (Å²) in [6.07, 6.45) is 4.05. The van der Waals surface area contributed by atoms with Gasteiger partial charge in [-0.15, -0.1) is 0 Å². The molecule has 10 heteroatoms. The van der Waals surface area contributed by atoms with E-state index in [0.29, 0.717) is 26.9 Å². The number of carbonyl (C=O) groups is 2. The monoisotopic (exact) mass is 691 g/mol. The maximum absolute atomic E-state index is 14.7. The fourth-order valence-electron chi connectivity index (χ4n) is 5.98. The molecule has 1 aliphatic carbocycles. The van der Waals surface area contributed by atoms with Gasteiger partial charge in [0.2, 0.25) is 11.8 Å². The highest BCUT2D eigenvalue weighted by Crippen LogP contribution is 2.30. The normalized spacial score (nSPS) is 14.0. The van der Waals surface area contributed by atoms with Crippen LogP contribution in [0.1, 0.15) is 47.9 Å². The van der Waals surface area contributed by atoms with Crippen molar-refractivity contribution in [2.45, 2.75) is 69.5 Å². The Balaban J connectivity index is 1.59. The SMILES string of the molecule is Cc1ccc(S(=O)(=O)N(CC(=O)N(Cc2ccccc2Cl)[C@H](Cc2ccccc2)C(=O)NC2CCCC2)c2ccc(Cl)cc2C)cc1. The first-order chi connectivity index (χ1) is 22.5. The van der Waals surface area contributed by atoms with Gasteiger partial charge < -0.3 is 10.2 Å². The van der Waals surface area contributed by atoms with Crippen LogP contribution in [0.4, 0.5) is 5.69 Å². The van der Waals surface area contributed by atoms with Crippen LogP contribution < -0.4 is 9.62 Å². The Morgan fingerprint density at radius 2 is 1.53 bits per heavy atom. The third-order valence-electron chi connectivity index (χ3n) is 8.59. The van der Waals surface area contributed by atoms with Crippen LogP contribution in [0, 0.1) is 13.8 Å². The smallest absolute Gasteiger partial charge is 0.264 e. The lowest BCUT2D eigenvalue weighted by atomic mass is 10.0. The number of nitrogens with one attached hydrogen (secondary N) is 1. The first kappa shape index (κ1) is 34.5.